The van der Waals surface area contributed by atoms with Gasteiger partial charge in [-0.1, -0.05) is 30.0 Å². The van der Waals surface area contributed by atoms with Crippen molar-refractivity contribution in [2.75, 3.05) is 0 Å². The SMILES string of the molecule is Cc1ccc(C#N)c(=O)n1CC#Cc1ccccc1. The Balaban J connectivity index is 2.29. The van der Waals surface area contributed by atoms with Crippen LogP contribution in [0.3, 0.4) is 0 Å². The number of aryl methyl sites for hydroxylation is 1. The van der Waals surface area contributed by atoms with Crippen LogP contribution in [0.15, 0.2) is 47.3 Å². The molecule has 0 N–H and O–H groups in total. The minimum Gasteiger partial charge on any atom is -0.300 e. The average Bonchev–Trinajstić information content (AvgIpc) is 2.44. The van der Waals surface area contributed by atoms with Crippen LogP contribution in [0.2, 0.25) is 0 Å². The maximum absolute atomic E-state index is 11.9. The molecule has 0 saturated heterocycles. The van der Waals surface area contributed by atoms with Gasteiger partial charge in [0, 0.05) is 11.3 Å². The van der Waals surface area contributed by atoms with Crippen molar-refractivity contribution >= 4 is 0 Å². The van der Waals surface area contributed by atoms with E-state index in [-0.39, 0.29) is 17.7 Å². The first-order chi connectivity index (χ1) is 9.22. The van der Waals surface area contributed by atoms with Crippen molar-refractivity contribution in [3.8, 4) is 17.9 Å². The predicted octanol–water partition coefficient (Wildman–Crippen LogP) is 2.08. The Labute approximate surface area is 111 Å². The Morgan fingerprint density at radius 3 is 2.58 bits per heavy atom. The van der Waals surface area contributed by atoms with E-state index in [0.29, 0.717) is 0 Å². The predicted molar refractivity (Wildman–Crippen MR) is 73.5 cm³/mol. The molecule has 1 aromatic carbocycles. The van der Waals surface area contributed by atoms with Crippen molar-refractivity contribution in [2.45, 2.75) is 13.5 Å². The molecule has 2 aromatic rings. The van der Waals surface area contributed by atoms with E-state index >= 15 is 0 Å². The third-order valence-electron chi connectivity index (χ3n) is 2.76. The zero-order valence-electron chi connectivity index (χ0n) is 10.6. The van der Waals surface area contributed by atoms with Crippen molar-refractivity contribution in [1.29, 1.82) is 5.26 Å². The molecule has 2 rings (SSSR count). The highest BCUT2D eigenvalue weighted by atomic mass is 16.1. The van der Waals surface area contributed by atoms with E-state index in [2.05, 4.69) is 11.8 Å². The van der Waals surface area contributed by atoms with Gasteiger partial charge < -0.3 is 4.57 Å². The van der Waals surface area contributed by atoms with Crippen LogP contribution in [0.4, 0.5) is 0 Å². The van der Waals surface area contributed by atoms with Gasteiger partial charge in [-0.2, -0.15) is 5.26 Å². The van der Waals surface area contributed by atoms with Crippen LogP contribution in [-0.2, 0) is 6.54 Å². The quantitative estimate of drug-likeness (QED) is 0.725. The molecule has 0 aliphatic heterocycles. The van der Waals surface area contributed by atoms with Crippen LogP contribution in [0.25, 0.3) is 0 Å². The summed E-state index contributed by atoms with van der Waals surface area (Å²) in [5.74, 6) is 5.95. The number of pyridine rings is 1. The van der Waals surface area contributed by atoms with Crippen molar-refractivity contribution in [3.63, 3.8) is 0 Å². The highest BCUT2D eigenvalue weighted by Gasteiger charge is 2.03. The Morgan fingerprint density at radius 2 is 1.89 bits per heavy atom. The molecule has 0 fully saturated rings. The highest BCUT2D eigenvalue weighted by molar-refractivity contribution is 5.34. The van der Waals surface area contributed by atoms with Gasteiger partial charge in [-0.05, 0) is 31.2 Å². The number of nitrogens with zero attached hydrogens (tertiary/aromatic N) is 2. The van der Waals surface area contributed by atoms with Gasteiger partial charge in [0.25, 0.3) is 5.56 Å². The summed E-state index contributed by atoms with van der Waals surface area (Å²) in [7, 11) is 0. The smallest absolute Gasteiger partial charge is 0.269 e. The molecule has 19 heavy (non-hydrogen) atoms. The molecular weight excluding hydrogens is 236 g/mol. The Bertz CT molecular complexity index is 740. The minimum atomic E-state index is -0.287. The van der Waals surface area contributed by atoms with Gasteiger partial charge in [-0.25, -0.2) is 0 Å². The van der Waals surface area contributed by atoms with Crippen LogP contribution in [0.5, 0.6) is 0 Å². The van der Waals surface area contributed by atoms with E-state index in [0.717, 1.165) is 11.3 Å². The molecule has 92 valence electrons. The molecule has 0 atom stereocenters. The molecule has 0 unspecified atom stereocenters. The fourth-order valence-electron chi connectivity index (χ4n) is 1.69. The lowest BCUT2D eigenvalue weighted by molar-refractivity contribution is 0.759. The molecule has 0 saturated carbocycles. The van der Waals surface area contributed by atoms with E-state index in [1.54, 1.807) is 12.1 Å². The number of rotatable bonds is 1. The van der Waals surface area contributed by atoms with Crippen LogP contribution < -0.4 is 5.56 Å². The van der Waals surface area contributed by atoms with Gasteiger partial charge in [-0.15, -0.1) is 0 Å². The van der Waals surface area contributed by atoms with Gasteiger partial charge in [0.15, 0.2) is 0 Å². The van der Waals surface area contributed by atoms with E-state index in [4.69, 9.17) is 5.26 Å². The topological polar surface area (TPSA) is 45.8 Å². The standard InChI is InChI=1S/C16H12N2O/c1-13-9-10-15(12-17)16(19)18(13)11-5-8-14-6-3-2-4-7-14/h2-4,6-7,9-10H,11H2,1H3. The maximum Gasteiger partial charge on any atom is 0.269 e. The third kappa shape index (κ3) is 2.91. The molecule has 0 spiro atoms. The fourth-order valence-corrected chi connectivity index (χ4v) is 1.69. The highest BCUT2D eigenvalue weighted by Crippen LogP contribution is 1.98. The van der Waals surface area contributed by atoms with Gasteiger partial charge in [0.2, 0.25) is 0 Å². The number of hydrogen-bond acceptors (Lipinski definition) is 2. The van der Waals surface area contributed by atoms with Gasteiger partial charge in [0.05, 0.1) is 6.54 Å². The minimum absolute atomic E-state index is 0.145. The lowest BCUT2D eigenvalue weighted by Crippen LogP contribution is -2.23. The number of nitriles is 1. The molecule has 0 amide bonds. The van der Waals surface area contributed by atoms with Crippen LogP contribution >= 0.6 is 0 Å². The first-order valence-electron chi connectivity index (χ1n) is 5.87. The van der Waals surface area contributed by atoms with Crippen LogP contribution in [0.1, 0.15) is 16.8 Å². The number of benzene rings is 1. The third-order valence-corrected chi connectivity index (χ3v) is 2.76. The number of aromatic nitrogens is 1. The molecule has 3 nitrogen and oxygen atoms in total. The summed E-state index contributed by atoms with van der Waals surface area (Å²) in [6.07, 6.45) is 0. The lowest BCUT2D eigenvalue weighted by atomic mass is 10.2. The monoisotopic (exact) mass is 248 g/mol. The van der Waals surface area contributed by atoms with E-state index in [1.807, 2.05) is 43.3 Å². The summed E-state index contributed by atoms with van der Waals surface area (Å²) < 4.78 is 1.51. The number of hydrogen-bond donors (Lipinski definition) is 0. The second-order valence-corrected chi connectivity index (χ2v) is 4.06. The van der Waals surface area contributed by atoms with Crippen LogP contribution in [-0.4, -0.2) is 4.57 Å². The molecule has 0 aliphatic rings. The van der Waals surface area contributed by atoms with E-state index < -0.39 is 0 Å². The van der Waals surface area contributed by atoms with Crippen molar-refractivity contribution in [1.82, 2.24) is 4.57 Å². The van der Waals surface area contributed by atoms with Crippen molar-refractivity contribution < 1.29 is 0 Å². The second-order valence-electron chi connectivity index (χ2n) is 4.06. The molecule has 1 heterocycles. The molecule has 1 aromatic heterocycles. The van der Waals surface area contributed by atoms with Gasteiger partial charge in [-0.3, -0.25) is 4.79 Å². The normalized spacial score (nSPS) is 9.26. The summed E-state index contributed by atoms with van der Waals surface area (Å²) in [5.41, 5.74) is 1.56. The zero-order valence-corrected chi connectivity index (χ0v) is 10.6. The summed E-state index contributed by atoms with van der Waals surface area (Å²) in [6.45, 7) is 2.11. The molecular formula is C16H12N2O. The zero-order chi connectivity index (χ0) is 13.7. The van der Waals surface area contributed by atoms with Gasteiger partial charge >= 0.3 is 0 Å². The Morgan fingerprint density at radius 1 is 1.16 bits per heavy atom. The fraction of sp³-hybridized carbons (Fsp3) is 0.125. The average molecular weight is 248 g/mol. The Kier molecular flexibility index (Phi) is 3.81. The Hall–Kier alpha value is -2.78. The molecule has 0 aliphatic carbocycles. The first-order valence-corrected chi connectivity index (χ1v) is 5.87. The van der Waals surface area contributed by atoms with Gasteiger partial charge in [0.1, 0.15) is 11.6 Å². The summed E-state index contributed by atoms with van der Waals surface area (Å²) in [5, 5.41) is 8.84. The molecule has 0 bridgehead atoms. The largest absolute Gasteiger partial charge is 0.300 e. The first kappa shape index (κ1) is 12.7. The van der Waals surface area contributed by atoms with E-state index in [9.17, 15) is 4.79 Å². The summed E-state index contributed by atoms with van der Waals surface area (Å²) >= 11 is 0. The lowest BCUT2D eigenvalue weighted by Gasteiger charge is -2.05. The molecule has 0 radical (unpaired) electrons. The molecule has 3 heteroatoms. The maximum atomic E-state index is 11.9. The summed E-state index contributed by atoms with van der Waals surface area (Å²) in [6, 6.07) is 14.8. The van der Waals surface area contributed by atoms with E-state index in [1.165, 1.54) is 4.57 Å². The van der Waals surface area contributed by atoms with Crippen molar-refractivity contribution in [3.05, 3.63) is 69.6 Å². The van der Waals surface area contributed by atoms with Crippen LogP contribution in [0, 0.1) is 30.1 Å². The summed E-state index contributed by atoms with van der Waals surface area (Å²) in [4.78, 5) is 11.9. The second kappa shape index (κ2) is 5.71. The van der Waals surface area contributed by atoms with Crippen molar-refractivity contribution in [2.24, 2.45) is 0 Å².